The smallest absolute Gasteiger partial charge is 0.0339 e. The van der Waals surface area contributed by atoms with Gasteiger partial charge in [-0.05, 0) is 98.2 Å². The molecule has 0 heterocycles. The molecule has 0 radical (unpaired) electrons. The van der Waals surface area contributed by atoms with E-state index in [2.05, 4.69) is 20.8 Å². The first-order valence-corrected chi connectivity index (χ1v) is 10.6. The molecule has 2 unspecified atom stereocenters. The second-order valence-electron chi connectivity index (χ2n) is 9.76. The third kappa shape index (κ3) is 2.08. The molecule has 0 aromatic heterocycles. The molecule has 1 heteroatoms. The van der Waals surface area contributed by atoms with Gasteiger partial charge in [-0.2, -0.15) is 0 Å². The minimum absolute atomic E-state index is 0.472. The fourth-order valence-electron chi connectivity index (χ4n) is 7.99. The van der Waals surface area contributed by atoms with Crippen LogP contribution in [0.2, 0.25) is 0 Å². The lowest BCUT2D eigenvalue weighted by Crippen LogP contribution is -2.53. The highest BCUT2D eigenvalue weighted by Crippen LogP contribution is 2.67. The zero-order chi connectivity index (χ0) is 15.5. The number of alkyl halides is 1. The summed E-state index contributed by atoms with van der Waals surface area (Å²) in [5.41, 5.74) is 1.31. The maximum atomic E-state index is 6.52. The first-order chi connectivity index (χ1) is 10.5. The van der Waals surface area contributed by atoms with E-state index in [9.17, 15) is 0 Å². The third-order valence-electron chi connectivity index (χ3n) is 9.29. The Bertz CT molecular complexity index is 432. The van der Waals surface area contributed by atoms with Crippen LogP contribution >= 0.6 is 11.6 Å². The average Bonchev–Trinajstić information content (AvgIpc) is 2.84. The Balaban J connectivity index is 1.61. The monoisotopic (exact) mass is 322 g/mol. The molecule has 126 valence electrons. The van der Waals surface area contributed by atoms with Crippen LogP contribution in [-0.4, -0.2) is 5.38 Å². The molecule has 8 atom stereocenters. The van der Waals surface area contributed by atoms with Crippen LogP contribution in [0.3, 0.4) is 0 Å². The van der Waals surface area contributed by atoms with E-state index in [0.29, 0.717) is 16.2 Å². The lowest BCUT2D eigenvalue weighted by atomic mass is 9.45. The number of rotatable bonds is 1. The normalized spacial score (nSPS) is 57.8. The second-order valence-corrected chi connectivity index (χ2v) is 10.4. The van der Waals surface area contributed by atoms with Crippen LogP contribution in [0.5, 0.6) is 0 Å². The van der Waals surface area contributed by atoms with Gasteiger partial charge in [-0.3, -0.25) is 0 Å². The molecule has 0 N–H and O–H groups in total. The van der Waals surface area contributed by atoms with Gasteiger partial charge in [0.2, 0.25) is 0 Å². The van der Waals surface area contributed by atoms with Crippen molar-refractivity contribution < 1.29 is 0 Å². The van der Waals surface area contributed by atoms with Crippen LogP contribution in [-0.2, 0) is 0 Å². The summed E-state index contributed by atoms with van der Waals surface area (Å²) in [6, 6.07) is 0. The predicted molar refractivity (Wildman–Crippen MR) is 95.1 cm³/mol. The van der Waals surface area contributed by atoms with Gasteiger partial charge in [0.15, 0.2) is 0 Å². The molecule has 4 fully saturated rings. The standard InChI is InChI=1S/C21H35Cl/c1-4-14-6-8-18-17-7-5-15-13-16(22)9-11-21(15,3)19(17)10-12-20(14,18)2/h14-19H,4-13H2,1-3H3/t14-,15?,16?,17-,18-,19-,20+,21-/m0/s1. The van der Waals surface area contributed by atoms with Crippen molar-refractivity contribution in [1.29, 1.82) is 0 Å². The average molecular weight is 323 g/mol. The molecule has 0 aromatic rings. The quantitative estimate of drug-likeness (QED) is 0.473. The molecule has 0 spiro atoms. The predicted octanol–water partition coefficient (Wildman–Crippen LogP) is 6.66. The van der Waals surface area contributed by atoms with Gasteiger partial charge in [-0.25, -0.2) is 0 Å². The van der Waals surface area contributed by atoms with Crippen LogP contribution < -0.4 is 0 Å². The molecule has 0 amide bonds. The summed E-state index contributed by atoms with van der Waals surface area (Å²) in [7, 11) is 0. The van der Waals surface area contributed by atoms with Crippen LogP contribution in [0.1, 0.15) is 85.0 Å². The molecule has 4 aliphatic carbocycles. The molecule has 4 saturated carbocycles. The van der Waals surface area contributed by atoms with E-state index in [1.807, 2.05) is 0 Å². The Hall–Kier alpha value is 0.290. The number of fused-ring (bicyclic) bond motifs is 5. The highest BCUT2D eigenvalue weighted by molar-refractivity contribution is 6.20. The minimum atomic E-state index is 0.472. The van der Waals surface area contributed by atoms with Gasteiger partial charge in [-0.1, -0.05) is 27.2 Å². The van der Waals surface area contributed by atoms with E-state index in [4.69, 9.17) is 11.6 Å². The summed E-state index contributed by atoms with van der Waals surface area (Å²) in [6.07, 6.45) is 14.5. The molecule has 0 aliphatic heterocycles. The maximum Gasteiger partial charge on any atom is 0.0339 e. The molecule has 0 aromatic carbocycles. The van der Waals surface area contributed by atoms with Crippen molar-refractivity contribution in [2.24, 2.45) is 40.4 Å². The Morgan fingerprint density at radius 1 is 0.864 bits per heavy atom. The van der Waals surface area contributed by atoms with Crippen molar-refractivity contribution in [2.75, 3.05) is 0 Å². The fourth-order valence-corrected chi connectivity index (χ4v) is 8.31. The number of hydrogen-bond donors (Lipinski definition) is 0. The molecule has 0 saturated heterocycles. The molecular formula is C21H35Cl. The van der Waals surface area contributed by atoms with Gasteiger partial charge in [0.25, 0.3) is 0 Å². The Kier molecular flexibility index (Phi) is 3.88. The Labute approximate surface area is 142 Å². The molecular weight excluding hydrogens is 288 g/mol. The van der Waals surface area contributed by atoms with Crippen LogP contribution in [0.4, 0.5) is 0 Å². The zero-order valence-corrected chi connectivity index (χ0v) is 15.7. The Morgan fingerprint density at radius 3 is 2.36 bits per heavy atom. The van der Waals surface area contributed by atoms with E-state index < -0.39 is 0 Å². The van der Waals surface area contributed by atoms with Gasteiger partial charge >= 0.3 is 0 Å². The molecule has 4 rings (SSSR count). The van der Waals surface area contributed by atoms with Crippen LogP contribution in [0.25, 0.3) is 0 Å². The summed E-state index contributed by atoms with van der Waals surface area (Å²) in [4.78, 5) is 0. The lowest BCUT2D eigenvalue weighted by Gasteiger charge is -2.61. The first-order valence-electron chi connectivity index (χ1n) is 10.1. The van der Waals surface area contributed by atoms with Crippen molar-refractivity contribution in [3.05, 3.63) is 0 Å². The van der Waals surface area contributed by atoms with Gasteiger partial charge in [-0.15, -0.1) is 11.6 Å². The summed E-state index contributed by atoms with van der Waals surface area (Å²) in [5.74, 6) is 5.05. The lowest BCUT2D eigenvalue weighted by molar-refractivity contribution is -0.110. The SMILES string of the molecule is CC[C@H]1CC[C@H]2[C@@H]3CCC4CC(Cl)CC[C@]4(C)[C@H]3CC[C@]12C. The van der Waals surface area contributed by atoms with Gasteiger partial charge < -0.3 is 0 Å². The highest BCUT2D eigenvalue weighted by atomic mass is 35.5. The fraction of sp³-hybridized carbons (Fsp3) is 1.00. The largest absolute Gasteiger partial charge is 0.123 e. The summed E-state index contributed by atoms with van der Waals surface area (Å²) < 4.78 is 0. The van der Waals surface area contributed by atoms with E-state index >= 15 is 0 Å². The summed E-state index contributed by atoms with van der Waals surface area (Å²) in [6.45, 7) is 7.76. The summed E-state index contributed by atoms with van der Waals surface area (Å²) in [5, 5.41) is 0.472. The van der Waals surface area contributed by atoms with Gasteiger partial charge in [0.1, 0.15) is 0 Å². The van der Waals surface area contributed by atoms with Crippen LogP contribution in [0, 0.1) is 40.4 Å². The van der Waals surface area contributed by atoms with Crippen molar-refractivity contribution in [3.63, 3.8) is 0 Å². The van der Waals surface area contributed by atoms with Crippen molar-refractivity contribution >= 4 is 11.6 Å². The molecule has 4 aliphatic rings. The van der Waals surface area contributed by atoms with Crippen LogP contribution in [0.15, 0.2) is 0 Å². The third-order valence-corrected chi connectivity index (χ3v) is 9.69. The molecule has 0 bridgehead atoms. The number of hydrogen-bond acceptors (Lipinski definition) is 0. The van der Waals surface area contributed by atoms with Gasteiger partial charge in [0.05, 0.1) is 0 Å². The minimum Gasteiger partial charge on any atom is -0.123 e. The topological polar surface area (TPSA) is 0 Å². The first kappa shape index (κ1) is 15.8. The summed E-state index contributed by atoms with van der Waals surface area (Å²) >= 11 is 6.52. The highest BCUT2D eigenvalue weighted by Gasteiger charge is 2.59. The van der Waals surface area contributed by atoms with E-state index in [-0.39, 0.29) is 0 Å². The van der Waals surface area contributed by atoms with Crippen molar-refractivity contribution in [2.45, 2.75) is 90.4 Å². The van der Waals surface area contributed by atoms with E-state index in [1.165, 1.54) is 64.2 Å². The van der Waals surface area contributed by atoms with Crippen molar-refractivity contribution in [3.8, 4) is 0 Å². The van der Waals surface area contributed by atoms with E-state index in [1.54, 1.807) is 0 Å². The second kappa shape index (κ2) is 5.40. The van der Waals surface area contributed by atoms with Gasteiger partial charge in [0, 0.05) is 5.38 Å². The van der Waals surface area contributed by atoms with Crippen molar-refractivity contribution in [1.82, 2.24) is 0 Å². The molecule has 0 nitrogen and oxygen atoms in total. The van der Waals surface area contributed by atoms with E-state index in [0.717, 1.165) is 29.6 Å². The maximum absolute atomic E-state index is 6.52. The zero-order valence-electron chi connectivity index (χ0n) is 14.9. The Morgan fingerprint density at radius 2 is 1.59 bits per heavy atom. The molecule has 22 heavy (non-hydrogen) atoms. The number of halogens is 1.